The lowest BCUT2D eigenvalue weighted by Gasteiger charge is -2.30. The number of rotatable bonds is 5. The largest absolute Gasteiger partial charge is 0.228 e. The van der Waals surface area contributed by atoms with Crippen LogP contribution in [0.1, 0.15) is 22.3 Å². The minimum absolute atomic E-state index is 0.441. The van der Waals surface area contributed by atoms with Crippen LogP contribution in [0.15, 0.2) is 243 Å². The molecule has 1 aromatic heterocycles. The van der Waals surface area contributed by atoms with Crippen LogP contribution in [0.4, 0.5) is 0 Å². The quantitative estimate of drug-likeness (QED) is 0.127. The van der Waals surface area contributed by atoms with Gasteiger partial charge in [-0.05, 0) is 105 Å². The lowest BCUT2D eigenvalue weighted by Crippen LogP contribution is -2.25. The Bertz CT molecular complexity index is 3920. The van der Waals surface area contributed by atoms with E-state index in [0.29, 0.717) is 5.82 Å². The van der Waals surface area contributed by atoms with Crippen molar-refractivity contribution in [3.8, 4) is 78.4 Å². The third-order valence-electron chi connectivity index (χ3n) is 14.5. The number of hydrogen-bond donors (Lipinski definition) is 0. The summed E-state index contributed by atoms with van der Waals surface area (Å²) in [6.07, 6.45) is 0. The molecule has 310 valence electrons. The monoisotopic (exact) mass is 848 g/mol. The second-order valence-corrected chi connectivity index (χ2v) is 17.9. The van der Waals surface area contributed by atoms with Crippen molar-refractivity contribution in [3.63, 3.8) is 0 Å². The molecular weight excluding hydrogens is 809 g/mol. The molecule has 2 heteroatoms. The first-order valence-electron chi connectivity index (χ1n) is 23.2. The van der Waals surface area contributed by atoms with Gasteiger partial charge in [0.25, 0.3) is 0 Å². The van der Waals surface area contributed by atoms with Gasteiger partial charge < -0.3 is 0 Å². The highest BCUT2D eigenvalue weighted by atomic mass is 14.9. The van der Waals surface area contributed by atoms with Gasteiger partial charge in [-0.25, -0.2) is 9.97 Å². The zero-order valence-corrected chi connectivity index (χ0v) is 36.5. The zero-order chi connectivity index (χ0) is 44.1. The fraction of sp³-hybridized carbons (Fsp3) is 0.0154. The van der Waals surface area contributed by atoms with Crippen molar-refractivity contribution in [2.75, 3.05) is 0 Å². The molecule has 0 atom stereocenters. The Morgan fingerprint density at radius 3 is 1.46 bits per heavy atom. The maximum atomic E-state index is 5.43. The van der Waals surface area contributed by atoms with Crippen LogP contribution in [0.25, 0.3) is 111 Å². The van der Waals surface area contributed by atoms with Crippen molar-refractivity contribution in [1.82, 2.24) is 9.97 Å². The van der Waals surface area contributed by atoms with Crippen LogP contribution in [-0.2, 0) is 5.41 Å². The molecule has 11 aromatic carbocycles. The van der Waals surface area contributed by atoms with Crippen molar-refractivity contribution in [2.45, 2.75) is 5.41 Å². The molecule has 0 N–H and O–H groups in total. The van der Waals surface area contributed by atoms with Gasteiger partial charge in [-0.2, -0.15) is 0 Å². The molecule has 1 heterocycles. The number of aromatic nitrogens is 2. The van der Waals surface area contributed by atoms with E-state index in [4.69, 9.17) is 9.97 Å². The molecule has 2 aliphatic rings. The Morgan fingerprint density at radius 2 is 0.761 bits per heavy atom. The van der Waals surface area contributed by atoms with Gasteiger partial charge >= 0.3 is 0 Å². The fourth-order valence-corrected chi connectivity index (χ4v) is 11.8. The summed E-state index contributed by atoms with van der Waals surface area (Å²) < 4.78 is 0. The fourth-order valence-electron chi connectivity index (χ4n) is 11.8. The second-order valence-electron chi connectivity index (χ2n) is 17.9. The molecule has 0 radical (unpaired) electrons. The van der Waals surface area contributed by atoms with Gasteiger partial charge in [0.15, 0.2) is 5.82 Å². The van der Waals surface area contributed by atoms with E-state index < -0.39 is 5.41 Å². The molecule has 1 spiro atoms. The summed E-state index contributed by atoms with van der Waals surface area (Å²) in [4.78, 5) is 10.8. The topological polar surface area (TPSA) is 25.8 Å². The number of hydrogen-bond acceptors (Lipinski definition) is 2. The van der Waals surface area contributed by atoms with E-state index >= 15 is 0 Å². The number of fused-ring (bicyclic) bond motifs is 14. The van der Waals surface area contributed by atoms with E-state index in [9.17, 15) is 0 Å². The molecule has 0 bridgehead atoms. The molecule has 0 fully saturated rings. The standard InChI is InChI=1S/C65H40N2/c1-3-19-43(20-4-1)61-50-27-10-9-26-49(50)60(53-39-38-41-18-7-8-23-46(41)63(53)61)44-36-34-42(35-37-44)58-40-59(67-64(66-58)45-21-5-2-6-22-45)52-29-17-33-57-62(52)51-28-13-16-32-56(51)65(57)54-30-14-11-24-47(54)48-25-12-15-31-55(48)65/h1-40H. The second kappa shape index (κ2) is 14.7. The maximum absolute atomic E-state index is 5.43. The molecule has 0 saturated carbocycles. The molecule has 0 aliphatic heterocycles. The average molecular weight is 849 g/mol. The third kappa shape index (κ3) is 5.45. The minimum Gasteiger partial charge on any atom is -0.228 e. The Balaban J connectivity index is 0.970. The van der Waals surface area contributed by atoms with Gasteiger partial charge in [-0.15, -0.1) is 0 Å². The summed E-state index contributed by atoms with van der Waals surface area (Å²) in [6, 6.07) is 88.6. The molecular formula is C65H40N2. The third-order valence-corrected chi connectivity index (χ3v) is 14.5. The van der Waals surface area contributed by atoms with Crippen molar-refractivity contribution >= 4 is 32.3 Å². The first-order valence-corrected chi connectivity index (χ1v) is 23.2. The highest BCUT2D eigenvalue weighted by Crippen LogP contribution is 2.64. The van der Waals surface area contributed by atoms with Crippen LogP contribution in [0.5, 0.6) is 0 Å². The predicted molar refractivity (Wildman–Crippen MR) is 278 cm³/mol. The average Bonchev–Trinajstić information content (AvgIpc) is 3.88. The van der Waals surface area contributed by atoms with Crippen LogP contribution in [0, 0.1) is 0 Å². The SMILES string of the molecule is c1ccc(-c2nc(-c3ccc(-c4c5ccccc5c(-c5ccccc5)c5c4ccc4ccccc45)cc3)cc(-c3cccc4c3-c3ccccc3C43c4ccccc4-c4ccccc43)n2)cc1. The molecule has 12 aromatic rings. The van der Waals surface area contributed by atoms with Gasteiger partial charge in [-0.3, -0.25) is 0 Å². The van der Waals surface area contributed by atoms with Crippen molar-refractivity contribution in [2.24, 2.45) is 0 Å². The maximum Gasteiger partial charge on any atom is 0.160 e. The summed E-state index contributed by atoms with van der Waals surface area (Å²) in [5.41, 5.74) is 19.7. The summed E-state index contributed by atoms with van der Waals surface area (Å²) >= 11 is 0. The normalized spacial score (nSPS) is 12.9. The van der Waals surface area contributed by atoms with E-state index in [1.165, 1.54) is 93.5 Å². The highest BCUT2D eigenvalue weighted by molar-refractivity contribution is 6.28. The Kier molecular flexibility index (Phi) is 8.23. The van der Waals surface area contributed by atoms with Gasteiger partial charge in [0.1, 0.15) is 0 Å². The van der Waals surface area contributed by atoms with Crippen LogP contribution in [-0.4, -0.2) is 9.97 Å². The van der Waals surface area contributed by atoms with Crippen LogP contribution >= 0.6 is 0 Å². The smallest absolute Gasteiger partial charge is 0.160 e. The molecule has 2 nitrogen and oxygen atoms in total. The highest BCUT2D eigenvalue weighted by Gasteiger charge is 2.52. The lowest BCUT2D eigenvalue weighted by molar-refractivity contribution is 0.794. The first kappa shape index (κ1) is 37.6. The van der Waals surface area contributed by atoms with Gasteiger partial charge in [0.2, 0.25) is 0 Å². The van der Waals surface area contributed by atoms with Crippen molar-refractivity contribution < 1.29 is 0 Å². The number of nitrogens with zero attached hydrogens (tertiary/aromatic N) is 2. The van der Waals surface area contributed by atoms with Gasteiger partial charge in [-0.1, -0.05) is 237 Å². The summed E-state index contributed by atoms with van der Waals surface area (Å²) in [6.45, 7) is 0. The number of benzene rings is 11. The van der Waals surface area contributed by atoms with E-state index in [1.807, 2.05) is 6.07 Å². The minimum atomic E-state index is -0.441. The zero-order valence-electron chi connectivity index (χ0n) is 36.5. The Labute approximate surface area is 389 Å². The Morgan fingerprint density at radius 1 is 0.269 bits per heavy atom. The van der Waals surface area contributed by atoms with Crippen LogP contribution in [0.3, 0.4) is 0 Å². The molecule has 67 heavy (non-hydrogen) atoms. The molecule has 0 unspecified atom stereocenters. The van der Waals surface area contributed by atoms with Crippen LogP contribution < -0.4 is 0 Å². The van der Waals surface area contributed by atoms with E-state index in [0.717, 1.165) is 33.6 Å². The van der Waals surface area contributed by atoms with E-state index in [2.05, 4.69) is 237 Å². The molecule has 0 amide bonds. The van der Waals surface area contributed by atoms with Crippen molar-refractivity contribution in [1.29, 1.82) is 0 Å². The first-order chi connectivity index (χ1) is 33.3. The van der Waals surface area contributed by atoms with Crippen molar-refractivity contribution in [3.05, 3.63) is 265 Å². The summed E-state index contributed by atoms with van der Waals surface area (Å²) in [7, 11) is 0. The molecule has 14 rings (SSSR count). The van der Waals surface area contributed by atoms with E-state index in [-0.39, 0.29) is 0 Å². The predicted octanol–water partition coefficient (Wildman–Crippen LogP) is 16.6. The lowest BCUT2D eigenvalue weighted by atomic mass is 9.70. The van der Waals surface area contributed by atoms with Gasteiger partial charge in [0.05, 0.1) is 16.8 Å². The summed E-state index contributed by atoms with van der Waals surface area (Å²) in [5, 5.41) is 7.48. The molecule has 2 aliphatic carbocycles. The Hall–Kier alpha value is -8.72. The van der Waals surface area contributed by atoms with Gasteiger partial charge in [0, 0.05) is 16.7 Å². The van der Waals surface area contributed by atoms with E-state index in [1.54, 1.807) is 0 Å². The molecule has 0 saturated heterocycles. The van der Waals surface area contributed by atoms with Crippen LogP contribution in [0.2, 0.25) is 0 Å². The summed E-state index contributed by atoms with van der Waals surface area (Å²) in [5.74, 6) is 0.702.